The average Bonchev–Trinajstić information content (AvgIpc) is 3.12. The molecule has 0 radical (unpaired) electrons. The Morgan fingerprint density at radius 2 is 1.72 bits per heavy atom. The molecular weight excluding hydrogens is 364 g/mol. The first-order chi connectivity index (χ1) is 14.2. The van der Waals surface area contributed by atoms with Crippen LogP contribution in [0.3, 0.4) is 0 Å². The molecule has 0 spiro atoms. The molecule has 0 unspecified atom stereocenters. The predicted octanol–water partition coefficient (Wildman–Crippen LogP) is 4.32. The lowest BCUT2D eigenvalue weighted by Crippen LogP contribution is -2.40. The van der Waals surface area contributed by atoms with Gasteiger partial charge in [-0.25, -0.2) is 0 Å². The molecule has 1 aliphatic rings. The summed E-state index contributed by atoms with van der Waals surface area (Å²) < 4.78 is 13.4. The fraction of sp³-hybridized carbons (Fsp3) is 0.292. The molecule has 5 nitrogen and oxygen atoms in total. The number of hydrogen-bond donors (Lipinski definition) is 0. The Hall–Kier alpha value is -3.05. The number of carbonyl (C=O) groups is 1. The summed E-state index contributed by atoms with van der Waals surface area (Å²) in [6, 6.07) is 20.1. The van der Waals surface area contributed by atoms with Gasteiger partial charge in [-0.15, -0.1) is 0 Å². The first kappa shape index (κ1) is 19.3. The molecule has 29 heavy (non-hydrogen) atoms. The summed E-state index contributed by atoms with van der Waals surface area (Å²) in [6.07, 6.45) is 0. The standard InChI is InChI=1S/C24H26N2O3/c1-3-29-23-12-8-7-11-21(23)26-18(2)20(24(27)25-13-15-28-16-14-25)17-22(26)19-9-5-4-6-10-19/h4-12,17H,3,13-16H2,1-2H3. The van der Waals surface area contributed by atoms with Crippen LogP contribution in [0.2, 0.25) is 0 Å². The Labute approximate surface area is 171 Å². The lowest BCUT2D eigenvalue weighted by molar-refractivity contribution is 0.0302. The van der Waals surface area contributed by atoms with E-state index in [1.165, 1.54) is 0 Å². The van der Waals surface area contributed by atoms with Gasteiger partial charge in [-0.2, -0.15) is 0 Å². The molecule has 0 bridgehead atoms. The minimum Gasteiger partial charge on any atom is -0.492 e. The summed E-state index contributed by atoms with van der Waals surface area (Å²) in [6.45, 7) is 6.99. The van der Waals surface area contributed by atoms with Crippen molar-refractivity contribution in [2.75, 3.05) is 32.9 Å². The van der Waals surface area contributed by atoms with E-state index in [1.807, 2.05) is 67.3 Å². The van der Waals surface area contributed by atoms with Gasteiger partial charge in [0.2, 0.25) is 0 Å². The van der Waals surface area contributed by atoms with Crippen molar-refractivity contribution < 1.29 is 14.3 Å². The summed E-state index contributed by atoms with van der Waals surface area (Å²) in [5, 5.41) is 0. The first-order valence-corrected chi connectivity index (χ1v) is 10.1. The maximum absolute atomic E-state index is 13.3. The van der Waals surface area contributed by atoms with Gasteiger partial charge in [0, 0.05) is 18.8 Å². The molecule has 2 aromatic carbocycles. The summed E-state index contributed by atoms with van der Waals surface area (Å²) in [5.41, 5.74) is 4.60. The van der Waals surface area contributed by atoms with Crippen LogP contribution in [0.5, 0.6) is 5.75 Å². The monoisotopic (exact) mass is 390 g/mol. The van der Waals surface area contributed by atoms with Crippen LogP contribution >= 0.6 is 0 Å². The van der Waals surface area contributed by atoms with Gasteiger partial charge in [-0.05, 0) is 37.6 Å². The number of rotatable bonds is 5. The summed E-state index contributed by atoms with van der Waals surface area (Å²) >= 11 is 0. The van der Waals surface area contributed by atoms with Crippen molar-refractivity contribution in [1.82, 2.24) is 9.47 Å². The number of para-hydroxylation sites is 2. The molecule has 0 atom stereocenters. The Bertz CT molecular complexity index is 989. The lowest BCUT2D eigenvalue weighted by Gasteiger charge is -2.26. The highest BCUT2D eigenvalue weighted by Gasteiger charge is 2.25. The van der Waals surface area contributed by atoms with E-state index in [2.05, 4.69) is 16.7 Å². The highest BCUT2D eigenvalue weighted by molar-refractivity contribution is 5.97. The highest BCUT2D eigenvalue weighted by atomic mass is 16.5. The second-order valence-corrected chi connectivity index (χ2v) is 7.04. The smallest absolute Gasteiger partial charge is 0.255 e. The van der Waals surface area contributed by atoms with Crippen molar-refractivity contribution in [3.8, 4) is 22.7 Å². The van der Waals surface area contributed by atoms with Gasteiger partial charge in [0.25, 0.3) is 5.91 Å². The number of morpholine rings is 1. The SMILES string of the molecule is CCOc1ccccc1-n1c(-c2ccccc2)cc(C(=O)N2CCOCC2)c1C. The summed E-state index contributed by atoms with van der Waals surface area (Å²) in [5.74, 6) is 0.854. The Morgan fingerprint density at radius 1 is 1.03 bits per heavy atom. The molecule has 1 aromatic heterocycles. The Morgan fingerprint density at radius 3 is 2.45 bits per heavy atom. The van der Waals surface area contributed by atoms with E-state index in [4.69, 9.17) is 9.47 Å². The van der Waals surface area contributed by atoms with Gasteiger partial charge in [-0.3, -0.25) is 4.79 Å². The zero-order chi connectivity index (χ0) is 20.2. The molecular formula is C24H26N2O3. The molecule has 4 rings (SSSR count). The predicted molar refractivity (Wildman–Crippen MR) is 114 cm³/mol. The molecule has 2 heterocycles. The van der Waals surface area contributed by atoms with Crippen molar-refractivity contribution in [3.05, 3.63) is 71.9 Å². The van der Waals surface area contributed by atoms with E-state index in [9.17, 15) is 4.79 Å². The van der Waals surface area contributed by atoms with Crippen molar-refractivity contribution in [2.45, 2.75) is 13.8 Å². The first-order valence-electron chi connectivity index (χ1n) is 10.1. The van der Waals surface area contributed by atoms with Crippen LogP contribution in [-0.2, 0) is 4.74 Å². The third kappa shape index (κ3) is 3.78. The molecule has 150 valence electrons. The second-order valence-electron chi connectivity index (χ2n) is 7.04. The van der Waals surface area contributed by atoms with Crippen LogP contribution < -0.4 is 4.74 Å². The molecule has 0 saturated carbocycles. The van der Waals surface area contributed by atoms with E-state index in [1.54, 1.807) is 0 Å². The van der Waals surface area contributed by atoms with Crippen molar-refractivity contribution in [3.63, 3.8) is 0 Å². The fourth-order valence-corrected chi connectivity index (χ4v) is 3.81. The van der Waals surface area contributed by atoms with Crippen LogP contribution in [0.25, 0.3) is 16.9 Å². The van der Waals surface area contributed by atoms with Gasteiger partial charge < -0.3 is 18.9 Å². The molecule has 1 saturated heterocycles. The highest BCUT2D eigenvalue weighted by Crippen LogP contribution is 2.34. The topological polar surface area (TPSA) is 43.7 Å². The molecule has 3 aromatic rings. The van der Waals surface area contributed by atoms with Gasteiger partial charge in [0.05, 0.1) is 36.8 Å². The van der Waals surface area contributed by atoms with E-state index in [0.29, 0.717) is 32.9 Å². The van der Waals surface area contributed by atoms with Crippen molar-refractivity contribution in [2.24, 2.45) is 0 Å². The third-order valence-electron chi connectivity index (χ3n) is 5.25. The summed E-state index contributed by atoms with van der Waals surface area (Å²) in [4.78, 5) is 15.2. The molecule has 1 aliphatic heterocycles. The van der Waals surface area contributed by atoms with E-state index in [-0.39, 0.29) is 5.91 Å². The van der Waals surface area contributed by atoms with Crippen LogP contribution in [0, 0.1) is 6.92 Å². The molecule has 0 N–H and O–H groups in total. The molecule has 1 fully saturated rings. The third-order valence-corrected chi connectivity index (χ3v) is 5.25. The van der Waals surface area contributed by atoms with Crippen molar-refractivity contribution in [1.29, 1.82) is 0 Å². The maximum atomic E-state index is 13.3. The minimum atomic E-state index is 0.0515. The van der Waals surface area contributed by atoms with Crippen LogP contribution in [0.15, 0.2) is 60.7 Å². The van der Waals surface area contributed by atoms with E-state index >= 15 is 0 Å². The van der Waals surface area contributed by atoms with Crippen molar-refractivity contribution >= 4 is 5.91 Å². The largest absolute Gasteiger partial charge is 0.492 e. The second kappa shape index (κ2) is 8.53. The Kier molecular flexibility index (Phi) is 5.67. The molecule has 5 heteroatoms. The number of aromatic nitrogens is 1. The Balaban J connectivity index is 1.87. The average molecular weight is 390 g/mol. The maximum Gasteiger partial charge on any atom is 0.255 e. The van der Waals surface area contributed by atoms with Gasteiger partial charge in [-0.1, -0.05) is 42.5 Å². The van der Waals surface area contributed by atoms with Crippen LogP contribution in [0.1, 0.15) is 23.0 Å². The number of benzene rings is 2. The van der Waals surface area contributed by atoms with Gasteiger partial charge >= 0.3 is 0 Å². The van der Waals surface area contributed by atoms with Crippen LogP contribution in [0.4, 0.5) is 0 Å². The quantitative estimate of drug-likeness (QED) is 0.652. The fourth-order valence-electron chi connectivity index (χ4n) is 3.81. The zero-order valence-electron chi connectivity index (χ0n) is 16.9. The number of ether oxygens (including phenoxy) is 2. The van der Waals surface area contributed by atoms with Gasteiger partial charge in [0.15, 0.2) is 0 Å². The van der Waals surface area contributed by atoms with E-state index in [0.717, 1.165) is 34.0 Å². The summed E-state index contributed by atoms with van der Waals surface area (Å²) in [7, 11) is 0. The number of nitrogens with zero attached hydrogens (tertiary/aromatic N) is 2. The number of carbonyl (C=O) groups excluding carboxylic acids is 1. The van der Waals surface area contributed by atoms with E-state index < -0.39 is 0 Å². The minimum absolute atomic E-state index is 0.0515. The lowest BCUT2D eigenvalue weighted by atomic mass is 10.1. The number of hydrogen-bond acceptors (Lipinski definition) is 3. The zero-order valence-corrected chi connectivity index (χ0v) is 16.9. The van der Waals surface area contributed by atoms with Crippen LogP contribution in [-0.4, -0.2) is 48.3 Å². The van der Waals surface area contributed by atoms with Gasteiger partial charge in [0.1, 0.15) is 5.75 Å². The molecule has 1 amide bonds. The number of amides is 1. The molecule has 0 aliphatic carbocycles. The normalized spacial score (nSPS) is 14.1.